The molecule has 2 aromatic carbocycles. The molecule has 1 aliphatic heterocycles. The highest BCUT2D eigenvalue weighted by atomic mass is 19.1. The van der Waals surface area contributed by atoms with E-state index in [0.29, 0.717) is 34.8 Å². The first-order valence-corrected chi connectivity index (χ1v) is 7.11. The Bertz CT molecular complexity index is 733. The normalized spacial score (nSPS) is 13.0. The van der Waals surface area contributed by atoms with Gasteiger partial charge in [0, 0.05) is 23.2 Å². The number of rotatable bonds is 4. The molecule has 0 unspecified atom stereocenters. The van der Waals surface area contributed by atoms with Crippen molar-refractivity contribution in [1.29, 1.82) is 0 Å². The lowest BCUT2D eigenvalue weighted by Crippen LogP contribution is -2.24. The van der Waals surface area contributed by atoms with E-state index in [4.69, 9.17) is 14.2 Å². The largest absolute Gasteiger partial charge is 0.497 e. The average Bonchev–Trinajstić information content (AvgIpc) is 2.59. The summed E-state index contributed by atoms with van der Waals surface area (Å²) in [5.41, 5.74) is 1.69. The fourth-order valence-corrected chi connectivity index (χ4v) is 2.43. The summed E-state index contributed by atoms with van der Waals surface area (Å²) in [6.07, 6.45) is 0. The van der Waals surface area contributed by atoms with Crippen LogP contribution in [-0.2, 0) is 17.9 Å². The Hall–Kier alpha value is -2.60. The third-order valence-corrected chi connectivity index (χ3v) is 3.52. The van der Waals surface area contributed by atoms with Gasteiger partial charge in [-0.25, -0.2) is 4.39 Å². The second-order valence-electron chi connectivity index (χ2n) is 5.08. The number of fused-ring (bicyclic) bond motifs is 1. The van der Waals surface area contributed by atoms with E-state index in [1.54, 1.807) is 24.3 Å². The highest BCUT2D eigenvalue weighted by molar-refractivity contribution is 5.94. The number of methoxy groups -OCH3 is 1. The minimum absolute atomic E-state index is 0.120. The lowest BCUT2D eigenvalue weighted by Gasteiger charge is -2.21. The number of benzene rings is 2. The van der Waals surface area contributed by atoms with Crippen molar-refractivity contribution in [3.63, 3.8) is 0 Å². The Kier molecular flexibility index (Phi) is 4.43. The van der Waals surface area contributed by atoms with Crippen molar-refractivity contribution in [1.82, 2.24) is 5.32 Å². The molecular weight excluding hydrogens is 301 g/mol. The molecule has 1 amide bonds. The SMILES string of the molecule is COc1cccc(C(=O)NCc2cc(F)cc3c2OCOC3)c1. The molecule has 0 spiro atoms. The summed E-state index contributed by atoms with van der Waals surface area (Å²) in [5, 5.41) is 2.76. The van der Waals surface area contributed by atoms with E-state index in [-0.39, 0.29) is 25.1 Å². The maximum atomic E-state index is 13.7. The third-order valence-electron chi connectivity index (χ3n) is 3.52. The van der Waals surface area contributed by atoms with Gasteiger partial charge in [-0.2, -0.15) is 0 Å². The van der Waals surface area contributed by atoms with Gasteiger partial charge in [-0.05, 0) is 30.3 Å². The molecular formula is C17H16FNO4. The lowest BCUT2D eigenvalue weighted by atomic mass is 10.1. The molecule has 0 atom stereocenters. The van der Waals surface area contributed by atoms with Gasteiger partial charge in [-0.15, -0.1) is 0 Å². The van der Waals surface area contributed by atoms with Crippen molar-refractivity contribution in [2.24, 2.45) is 0 Å². The Labute approximate surface area is 133 Å². The van der Waals surface area contributed by atoms with Crippen LogP contribution in [0.15, 0.2) is 36.4 Å². The number of halogens is 1. The standard InChI is InChI=1S/C17H16FNO4/c1-21-15-4-2-3-11(7-15)17(20)19-8-12-5-14(18)6-13-9-22-10-23-16(12)13/h2-7H,8-10H2,1H3,(H,19,20). The van der Waals surface area contributed by atoms with Gasteiger partial charge in [-0.1, -0.05) is 6.07 Å². The molecule has 1 heterocycles. The summed E-state index contributed by atoms with van der Waals surface area (Å²) in [6.45, 7) is 0.579. The van der Waals surface area contributed by atoms with E-state index < -0.39 is 0 Å². The van der Waals surface area contributed by atoms with Gasteiger partial charge in [0.1, 0.15) is 17.3 Å². The van der Waals surface area contributed by atoms with Crippen LogP contribution in [0.4, 0.5) is 4.39 Å². The fourth-order valence-electron chi connectivity index (χ4n) is 2.43. The van der Waals surface area contributed by atoms with Crippen molar-refractivity contribution < 1.29 is 23.4 Å². The van der Waals surface area contributed by atoms with Crippen LogP contribution in [0.2, 0.25) is 0 Å². The van der Waals surface area contributed by atoms with E-state index in [1.807, 2.05) is 0 Å². The minimum Gasteiger partial charge on any atom is -0.497 e. The van der Waals surface area contributed by atoms with E-state index in [9.17, 15) is 9.18 Å². The molecule has 3 rings (SSSR count). The van der Waals surface area contributed by atoms with Crippen molar-refractivity contribution >= 4 is 5.91 Å². The number of nitrogens with one attached hydrogen (secondary N) is 1. The van der Waals surface area contributed by atoms with Crippen LogP contribution in [0, 0.1) is 5.82 Å². The molecule has 1 N–H and O–H groups in total. The Morgan fingerprint density at radius 1 is 1.35 bits per heavy atom. The molecule has 120 valence electrons. The van der Waals surface area contributed by atoms with E-state index in [0.717, 1.165) is 0 Å². The second kappa shape index (κ2) is 6.66. The summed E-state index contributed by atoms with van der Waals surface area (Å²) in [6, 6.07) is 9.55. The van der Waals surface area contributed by atoms with Crippen LogP contribution in [0.25, 0.3) is 0 Å². The Morgan fingerprint density at radius 2 is 2.22 bits per heavy atom. The van der Waals surface area contributed by atoms with Gasteiger partial charge in [0.25, 0.3) is 5.91 Å². The monoisotopic (exact) mass is 317 g/mol. The number of hydrogen-bond donors (Lipinski definition) is 1. The molecule has 0 aliphatic carbocycles. The van der Waals surface area contributed by atoms with Crippen molar-refractivity contribution in [3.8, 4) is 11.5 Å². The van der Waals surface area contributed by atoms with Crippen LogP contribution in [0.5, 0.6) is 11.5 Å². The second-order valence-corrected chi connectivity index (χ2v) is 5.08. The van der Waals surface area contributed by atoms with Crippen LogP contribution < -0.4 is 14.8 Å². The topological polar surface area (TPSA) is 56.8 Å². The first kappa shape index (κ1) is 15.3. The summed E-state index contributed by atoms with van der Waals surface area (Å²) < 4.78 is 29.3. The van der Waals surface area contributed by atoms with Gasteiger partial charge in [0.05, 0.1) is 13.7 Å². The Balaban J connectivity index is 1.75. The highest BCUT2D eigenvalue weighted by Gasteiger charge is 2.17. The van der Waals surface area contributed by atoms with Crippen molar-refractivity contribution in [2.45, 2.75) is 13.2 Å². The van der Waals surface area contributed by atoms with Gasteiger partial charge >= 0.3 is 0 Å². The quantitative estimate of drug-likeness (QED) is 0.942. The maximum Gasteiger partial charge on any atom is 0.251 e. The van der Waals surface area contributed by atoms with Crippen molar-refractivity contribution in [2.75, 3.05) is 13.9 Å². The summed E-state index contributed by atoms with van der Waals surface area (Å²) >= 11 is 0. The summed E-state index contributed by atoms with van der Waals surface area (Å²) in [5.74, 6) is 0.516. The predicted molar refractivity (Wildman–Crippen MR) is 80.8 cm³/mol. The molecule has 0 fully saturated rings. The number of carbonyl (C=O) groups excluding carboxylic acids is 1. The van der Waals surface area contributed by atoms with Gasteiger partial charge in [-0.3, -0.25) is 4.79 Å². The zero-order chi connectivity index (χ0) is 16.2. The fraction of sp³-hybridized carbons (Fsp3) is 0.235. The Morgan fingerprint density at radius 3 is 3.04 bits per heavy atom. The third kappa shape index (κ3) is 3.43. The molecule has 0 radical (unpaired) electrons. The summed E-state index contributed by atoms with van der Waals surface area (Å²) in [4.78, 5) is 12.2. The molecule has 0 saturated carbocycles. The summed E-state index contributed by atoms with van der Waals surface area (Å²) in [7, 11) is 1.54. The number of amides is 1. The zero-order valence-electron chi connectivity index (χ0n) is 12.6. The van der Waals surface area contributed by atoms with Gasteiger partial charge in [0.2, 0.25) is 0 Å². The first-order valence-electron chi connectivity index (χ1n) is 7.11. The minimum atomic E-state index is -0.386. The van der Waals surface area contributed by atoms with E-state index >= 15 is 0 Å². The van der Waals surface area contributed by atoms with Crippen molar-refractivity contribution in [3.05, 3.63) is 58.9 Å². The maximum absolute atomic E-state index is 13.7. The molecule has 6 heteroatoms. The molecule has 2 aromatic rings. The molecule has 5 nitrogen and oxygen atoms in total. The molecule has 23 heavy (non-hydrogen) atoms. The molecule has 0 bridgehead atoms. The van der Waals surface area contributed by atoms with E-state index in [1.165, 1.54) is 19.2 Å². The molecule has 1 aliphatic rings. The lowest BCUT2D eigenvalue weighted by molar-refractivity contribution is -0.0173. The van der Waals surface area contributed by atoms with E-state index in [2.05, 4.69) is 5.32 Å². The van der Waals surface area contributed by atoms with Gasteiger partial charge in [0.15, 0.2) is 6.79 Å². The average molecular weight is 317 g/mol. The predicted octanol–water partition coefficient (Wildman–Crippen LogP) is 2.63. The zero-order valence-corrected chi connectivity index (χ0v) is 12.6. The van der Waals surface area contributed by atoms with Crippen LogP contribution in [-0.4, -0.2) is 19.8 Å². The first-order chi connectivity index (χ1) is 11.2. The molecule has 0 aromatic heterocycles. The van der Waals surface area contributed by atoms with Crippen LogP contribution >= 0.6 is 0 Å². The van der Waals surface area contributed by atoms with Crippen LogP contribution in [0.3, 0.4) is 0 Å². The van der Waals surface area contributed by atoms with Crippen LogP contribution in [0.1, 0.15) is 21.5 Å². The molecule has 0 saturated heterocycles. The number of hydrogen-bond acceptors (Lipinski definition) is 4. The highest BCUT2D eigenvalue weighted by Crippen LogP contribution is 2.29. The smallest absolute Gasteiger partial charge is 0.251 e. The number of carbonyl (C=O) groups is 1. The number of ether oxygens (including phenoxy) is 3. The van der Waals surface area contributed by atoms with Gasteiger partial charge < -0.3 is 19.5 Å².